The monoisotopic (exact) mass is 453 g/mol. The molecule has 1 aliphatic rings. The van der Waals surface area contributed by atoms with Crippen LogP contribution in [0.5, 0.6) is 0 Å². The van der Waals surface area contributed by atoms with Crippen LogP contribution < -0.4 is 10.5 Å². The standard InChI is InChI=1S/C21H20BrN5O2/c1-26-19(28)11-18(17-8-9-23-13-24-17)25-21(26)27-10-2-3-15(12-27)20(29)14-4-6-16(22)7-5-14/h4-9,11,13,15H,2-3,10,12H2,1H3. The van der Waals surface area contributed by atoms with E-state index >= 15 is 0 Å². The summed E-state index contributed by atoms with van der Waals surface area (Å²) < 4.78 is 2.47. The molecule has 1 aromatic carbocycles. The number of ketones is 1. The van der Waals surface area contributed by atoms with E-state index in [9.17, 15) is 9.59 Å². The van der Waals surface area contributed by atoms with Crippen LogP contribution in [0.2, 0.25) is 0 Å². The Morgan fingerprint density at radius 2 is 1.97 bits per heavy atom. The number of carbonyl (C=O) groups is 1. The minimum Gasteiger partial charge on any atom is -0.341 e. The molecule has 0 N–H and O–H groups in total. The number of carbonyl (C=O) groups excluding carboxylic acids is 1. The van der Waals surface area contributed by atoms with E-state index in [1.807, 2.05) is 29.2 Å². The molecule has 1 saturated heterocycles. The van der Waals surface area contributed by atoms with Crippen molar-refractivity contribution in [3.8, 4) is 11.4 Å². The first kappa shape index (κ1) is 19.4. The molecule has 148 valence electrons. The first-order valence-electron chi connectivity index (χ1n) is 9.42. The van der Waals surface area contributed by atoms with E-state index in [4.69, 9.17) is 0 Å². The van der Waals surface area contributed by atoms with Crippen LogP contribution >= 0.6 is 15.9 Å². The Labute approximate surface area is 176 Å². The first-order chi connectivity index (χ1) is 14.0. The molecule has 2 aromatic heterocycles. The van der Waals surface area contributed by atoms with Gasteiger partial charge in [0.1, 0.15) is 6.33 Å². The second-order valence-electron chi connectivity index (χ2n) is 7.09. The maximum absolute atomic E-state index is 13.0. The number of piperidine rings is 1. The largest absolute Gasteiger partial charge is 0.341 e. The quantitative estimate of drug-likeness (QED) is 0.564. The molecule has 0 aliphatic carbocycles. The zero-order valence-electron chi connectivity index (χ0n) is 16.0. The van der Waals surface area contributed by atoms with Gasteiger partial charge in [-0.05, 0) is 31.0 Å². The molecule has 7 nitrogen and oxygen atoms in total. The number of halogens is 1. The van der Waals surface area contributed by atoms with E-state index in [1.54, 1.807) is 19.3 Å². The Morgan fingerprint density at radius 3 is 2.69 bits per heavy atom. The van der Waals surface area contributed by atoms with Crippen molar-refractivity contribution in [3.05, 3.63) is 69.3 Å². The lowest BCUT2D eigenvalue weighted by Crippen LogP contribution is -2.41. The van der Waals surface area contributed by atoms with Gasteiger partial charge >= 0.3 is 0 Å². The fourth-order valence-electron chi connectivity index (χ4n) is 3.61. The molecule has 1 atom stereocenters. The summed E-state index contributed by atoms with van der Waals surface area (Å²) >= 11 is 3.40. The van der Waals surface area contributed by atoms with Crippen molar-refractivity contribution in [1.82, 2.24) is 19.5 Å². The molecule has 0 bridgehead atoms. The molecule has 8 heteroatoms. The van der Waals surface area contributed by atoms with Crippen molar-refractivity contribution in [3.63, 3.8) is 0 Å². The third kappa shape index (κ3) is 4.12. The van der Waals surface area contributed by atoms with Gasteiger partial charge in [0.2, 0.25) is 5.95 Å². The van der Waals surface area contributed by atoms with Crippen LogP contribution in [-0.2, 0) is 7.05 Å². The summed E-state index contributed by atoms with van der Waals surface area (Å²) in [6.45, 7) is 1.28. The zero-order valence-corrected chi connectivity index (χ0v) is 17.5. The third-order valence-electron chi connectivity index (χ3n) is 5.16. The summed E-state index contributed by atoms with van der Waals surface area (Å²) in [5.74, 6) is 0.545. The van der Waals surface area contributed by atoms with Crippen LogP contribution in [0.15, 0.2) is 58.2 Å². The lowest BCUT2D eigenvalue weighted by atomic mass is 9.90. The van der Waals surface area contributed by atoms with E-state index < -0.39 is 0 Å². The van der Waals surface area contributed by atoms with Gasteiger partial charge in [0.15, 0.2) is 5.78 Å². The van der Waals surface area contributed by atoms with Gasteiger partial charge in [-0.15, -0.1) is 0 Å². The summed E-state index contributed by atoms with van der Waals surface area (Å²) in [7, 11) is 1.70. The maximum atomic E-state index is 13.0. The zero-order chi connectivity index (χ0) is 20.4. The minimum absolute atomic E-state index is 0.124. The van der Waals surface area contributed by atoms with Gasteiger partial charge in [-0.2, -0.15) is 0 Å². The molecular weight excluding hydrogens is 434 g/mol. The normalized spacial score (nSPS) is 16.6. The number of benzene rings is 1. The fraction of sp³-hybridized carbons (Fsp3) is 0.286. The summed E-state index contributed by atoms with van der Waals surface area (Å²) in [6.07, 6.45) is 4.74. The molecule has 29 heavy (non-hydrogen) atoms. The Hall–Kier alpha value is -2.87. The third-order valence-corrected chi connectivity index (χ3v) is 5.69. The predicted octanol–water partition coefficient (Wildman–Crippen LogP) is 3.10. The molecule has 3 aromatic rings. The molecule has 1 fully saturated rings. The average molecular weight is 454 g/mol. The summed E-state index contributed by atoms with van der Waals surface area (Å²) in [5.41, 5.74) is 1.65. The SMILES string of the molecule is Cn1c(N2CCCC(C(=O)c3ccc(Br)cc3)C2)nc(-c2ccncn2)cc1=O. The van der Waals surface area contributed by atoms with Gasteiger partial charge in [0.05, 0.1) is 11.4 Å². The van der Waals surface area contributed by atoms with Crippen molar-refractivity contribution in [2.45, 2.75) is 12.8 Å². The highest BCUT2D eigenvalue weighted by Crippen LogP contribution is 2.25. The second-order valence-corrected chi connectivity index (χ2v) is 8.01. The number of Topliss-reactive ketones (excluding diaryl/α,β-unsaturated/α-hetero) is 1. The van der Waals surface area contributed by atoms with Gasteiger partial charge in [-0.1, -0.05) is 28.1 Å². The molecule has 0 saturated carbocycles. The number of hydrogen-bond acceptors (Lipinski definition) is 6. The molecule has 1 unspecified atom stereocenters. The summed E-state index contributed by atoms with van der Waals surface area (Å²) in [6, 6.07) is 10.6. The van der Waals surface area contributed by atoms with Crippen molar-refractivity contribution in [1.29, 1.82) is 0 Å². The van der Waals surface area contributed by atoms with Gasteiger partial charge in [-0.25, -0.2) is 15.0 Å². The first-order valence-corrected chi connectivity index (χ1v) is 10.2. The lowest BCUT2D eigenvalue weighted by Gasteiger charge is -2.33. The van der Waals surface area contributed by atoms with Crippen LogP contribution in [0.1, 0.15) is 23.2 Å². The second kappa shape index (κ2) is 8.24. The Kier molecular flexibility index (Phi) is 5.53. The smallest absolute Gasteiger partial charge is 0.255 e. The van der Waals surface area contributed by atoms with E-state index in [0.29, 0.717) is 29.4 Å². The summed E-state index contributed by atoms with van der Waals surface area (Å²) in [5, 5.41) is 0. The molecule has 0 radical (unpaired) electrons. The molecular formula is C21H20BrN5O2. The van der Waals surface area contributed by atoms with Crippen LogP contribution in [0.25, 0.3) is 11.4 Å². The number of hydrogen-bond donors (Lipinski definition) is 0. The van der Waals surface area contributed by atoms with Gasteiger partial charge in [0.25, 0.3) is 5.56 Å². The predicted molar refractivity (Wildman–Crippen MR) is 114 cm³/mol. The number of anilines is 1. The maximum Gasteiger partial charge on any atom is 0.255 e. The van der Waals surface area contributed by atoms with Gasteiger partial charge < -0.3 is 4.90 Å². The van der Waals surface area contributed by atoms with Gasteiger partial charge in [-0.3, -0.25) is 14.2 Å². The van der Waals surface area contributed by atoms with E-state index in [-0.39, 0.29) is 17.3 Å². The molecule has 0 amide bonds. The Balaban J connectivity index is 1.63. The van der Waals surface area contributed by atoms with E-state index in [0.717, 1.165) is 23.9 Å². The molecule has 0 spiro atoms. The summed E-state index contributed by atoms with van der Waals surface area (Å²) in [4.78, 5) is 40.3. The van der Waals surface area contributed by atoms with Crippen LogP contribution in [0.4, 0.5) is 5.95 Å². The molecule has 3 heterocycles. The highest BCUT2D eigenvalue weighted by Gasteiger charge is 2.28. The van der Waals surface area contributed by atoms with Gasteiger partial charge in [0, 0.05) is 48.4 Å². The van der Waals surface area contributed by atoms with E-state index in [1.165, 1.54) is 17.0 Å². The lowest BCUT2D eigenvalue weighted by molar-refractivity contribution is 0.0906. The van der Waals surface area contributed by atoms with Crippen LogP contribution in [0.3, 0.4) is 0 Å². The van der Waals surface area contributed by atoms with Crippen LogP contribution in [0, 0.1) is 5.92 Å². The fourth-order valence-corrected chi connectivity index (χ4v) is 3.87. The average Bonchev–Trinajstić information content (AvgIpc) is 2.76. The van der Waals surface area contributed by atoms with Crippen molar-refractivity contribution >= 4 is 27.7 Å². The Bertz CT molecular complexity index is 1080. The number of nitrogens with zero attached hydrogens (tertiary/aromatic N) is 5. The number of aromatic nitrogens is 4. The molecule has 1 aliphatic heterocycles. The molecule has 4 rings (SSSR count). The van der Waals surface area contributed by atoms with Crippen molar-refractivity contribution < 1.29 is 4.79 Å². The number of rotatable bonds is 4. The Morgan fingerprint density at radius 1 is 1.17 bits per heavy atom. The topological polar surface area (TPSA) is 81.0 Å². The highest BCUT2D eigenvalue weighted by atomic mass is 79.9. The minimum atomic E-state index is -0.162. The van der Waals surface area contributed by atoms with E-state index in [2.05, 4.69) is 30.9 Å². The highest BCUT2D eigenvalue weighted by molar-refractivity contribution is 9.10. The van der Waals surface area contributed by atoms with Crippen molar-refractivity contribution in [2.24, 2.45) is 13.0 Å². The van der Waals surface area contributed by atoms with Crippen LogP contribution in [-0.4, -0.2) is 38.4 Å². The van der Waals surface area contributed by atoms with Crippen molar-refractivity contribution in [2.75, 3.05) is 18.0 Å².